The van der Waals surface area contributed by atoms with Crippen molar-refractivity contribution in [2.24, 2.45) is 5.73 Å². The fourth-order valence-corrected chi connectivity index (χ4v) is 2.92. The smallest absolute Gasteiger partial charge is 0.254 e. The van der Waals surface area contributed by atoms with Crippen LogP contribution in [0, 0.1) is 0 Å². The third-order valence-electron chi connectivity index (χ3n) is 4.09. The van der Waals surface area contributed by atoms with Gasteiger partial charge in [0.1, 0.15) is 0 Å². The second-order valence-corrected chi connectivity index (χ2v) is 5.53. The number of carbonyl (C=O) groups excluding carboxylic acids is 1. The van der Waals surface area contributed by atoms with E-state index >= 15 is 0 Å². The van der Waals surface area contributed by atoms with Crippen LogP contribution in [0.3, 0.4) is 0 Å². The molecule has 1 amide bonds. The molecule has 0 spiro atoms. The Balaban J connectivity index is 1.96. The number of likely N-dealkylation sites (N-methyl/N-ethyl adjacent to an activating group) is 1. The summed E-state index contributed by atoms with van der Waals surface area (Å²) in [6.45, 7) is 2.91. The standard InChI is InChI=1S/C16H20N4O/c1-19-8-9-20(12(10-17)11-19)16(21)14-4-2-6-15-13(14)5-3-7-18-15/h2-7,12H,8-11,17H2,1H3. The molecule has 0 aliphatic carbocycles. The first kappa shape index (κ1) is 14.0. The molecule has 5 nitrogen and oxygen atoms in total. The van der Waals surface area contributed by atoms with Crippen molar-refractivity contribution in [3.63, 3.8) is 0 Å². The second kappa shape index (κ2) is 5.79. The number of piperazine rings is 1. The molecule has 0 saturated carbocycles. The van der Waals surface area contributed by atoms with E-state index < -0.39 is 0 Å². The van der Waals surface area contributed by atoms with Crippen molar-refractivity contribution < 1.29 is 4.79 Å². The molecule has 110 valence electrons. The van der Waals surface area contributed by atoms with Crippen LogP contribution in [0.15, 0.2) is 36.5 Å². The first-order chi connectivity index (χ1) is 10.2. The Bertz CT molecular complexity index is 652. The highest BCUT2D eigenvalue weighted by Gasteiger charge is 2.29. The Morgan fingerprint density at radius 3 is 3.00 bits per heavy atom. The van der Waals surface area contributed by atoms with Crippen LogP contribution >= 0.6 is 0 Å². The largest absolute Gasteiger partial charge is 0.332 e. The first-order valence-electron chi connectivity index (χ1n) is 7.24. The highest BCUT2D eigenvalue weighted by molar-refractivity contribution is 6.06. The summed E-state index contributed by atoms with van der Waals surface area (Å²) in [4.78, 5) is 21.3. The normalized spacial score (nSPS) is 19.9. The van der Waals surface area contributed by atoms with E-state index in [0.717, 1.165) is 24.0 Å². The zero-order valence-corrected chi connectivity index (χ0v) is 12.2. The van der Waals surface area contributed by atoms with E-state index in [1.165, 1.54) is 0 Å². The predicted octanol–water partition coefficient (Wildman–Crippen LogP) is 0.950. The van der Waals surface area contributed by atoms with E-state index in [1.54, 1.807) is 6.20 Å². The topological polar surface area (TPSA) is 62.5 Å². The van der Waals surface area contributed by atoms with Crippen molar-refractivity contribution in [1.82, 2.24) is 14.8 Å². The number of aromatic nitrogens is 1. The van der Waals surface area contributed by atoms with Gasteiger partial charge in [-0.25, -0.2) is 0 Å². The van der Waals surface area contributed by atoms with Gasteiger partial charge in [0.25, 0.3) is 5.91 Å². The van der Waals surface area contributed by atoms with E-state index in [0.29, 0.717) is 18.7 Å². The number of hydrogen-bond acceptors (Lipinski definition) is 4. The summed E-state index contributed by atoms with van der Waals surface area (Å²) < 4.78 is 0. The van der Waals surface area contributed by atoms with E-state index in [1.807, 2.05) is 35.2 Å². The minimum atomic E-state index is 0.0529. The molecule has 0 bridgehead atoms. The average Bonchev–Trinajstić information content (AvgIpc) is 2.53. The number of benzene rings is 1. The molecule has 2 aromatic rings. The highest BCUT2D eigenvalue weighted by Crippen LogP contribution is 2.20. The van der Waals surface area contributed by atoms with Gasteiger partial charge in [-0.2, -0.15) is 0 Å². The monoisotopic (exact) mass is 284 g/mol. The number of nitrogens with two attached hydrogens (primary N) is 1. The van der Waals surface area contributed by atoms with Gasteiger partial charge in [-0.15, -0.1) is 0 Å². The van der Waals surface area contributed by atoms with Gasteiger partial charge in [0.2, 0.25) is 0 Å². The van der Waals surface area contributed by atoms with Crippen molar-refractivity contribution >= 4 is 16.8 Å². The molecule has 1 saturated heterocycles. The number of rotatable bonds is 2. The Hall–Kier alpha value is -1.98. The van der Waals surface area contributed by atoms with Crippen LogP contribution in [0.4, 0.5) is 0 Å². The summed E-state index contributed by atoms with van der Waals surface area (Å²) in [6, 6.07) is 9.57. The molecule has 2 N–H and O–H groups in total. The molecule has 21 heavy (non-hydrogen) atoms. The van der Waals surface area contributed by atoms with E-state index in [4.69, 9.17) is 5.73 Å². The number of amides is 1. The van der Waals surface area contributed by atoms with Gasteiger partial charge in [-0.1, -0.05) is 12.1 Å². The first-order valence-corrected chi connectivity index (χ1v) is 7.24. The van der Waals surface area contributed by atoms with Crippen molar-refractivity contribution in [1.29, 1.82) is 0 Å². The van der Waals surface area contributed by atoms with Crippen LogP contribution in [0.25, 0.3) is 10.9 Å². The lowest BCUT2D eigenvalue weighted by Gasteiger charge is -2.39. The third-order valence-corrected chi connectivity index (χ3v) is 4.09. The van der Waals surface area contributed by atoms with Crippen molar-refractivity contribution in [2.45, 2.75) is 6.04 Å². The predicted molar refractivity (Wildman–Crippen MR) is 83.1 cm³/mol. The van der Waals surface area contributed by atoms with E-state index in [-0.39, 0.29) is 11.9 Å². The van der Waals surface area contributed by atoms with Gasteiger partial charge >= 0.3 is 0 Å². The molecule has 2 heterocycles. The molecule has 1 unspecified atom stereocenters. The molecule has 1 aliphatic rings. The number of pyridine rings is 1. The van der Waals surface area contributed by atoms with E-state index in [9.17, 15) is 4.79 Å². The molecule has 5 heteroatoms. The summed E-state index contributed by atoms with van der Waals surface area (Å²) in [5.74, 6) is 0.0529. The van der Waals surface area contributed by atoms with Crippen LogP contribution in [-0.4, -0.2) is 60.0 Å². The summed E-state index contributed by atoms with van der Waals surface area (Å²) in [5, 5.41) is 0.902. The maximum absolute atomic E-state index is 12.9. The van der Waals surface area contributed by atoms with Gasteiger partial charge in [0.15, 0.2) is 0 Å². The lowest BCUT2D eigenvalue weighted by molar-refractivity contribution is 0.0518. The Kier molecular flexibility index (Phi) is 3.86. The van der Waals surface area contributed by atoms with Gasteiger partial charge < -0.3 is 15.5 Å². The van der Waals surface area contributed by atoms with Crippen LogP contribution in [-0.2, 0) is 0 Å². The van der Waals surface area contributed by atoms with Gasteiger partial charge in [0, 0.05) is 43.3 Å². The number of nitrogens with zero attached hydrogens (tertiary/aromatic N) is 3. The van der Waals surface area contributed by atoms with Gasteiger partial charge in [0.05, 0.1) is 11.6 Å². The zero-order valence-electron chi connectivity index (χ0n) is 12.2. The lowest BCUT2D eigenvalue weighted by Crippen LogP contribution is -2.56. The Labute approximate surface area is 124 Å². The lowest BCUT2D eigenvalue weighted by atomic mass is 10.0. The van der Waals surface area contributed by atoms with Crippen molar-refractivity contribution in [2.75, 3.05) is 33.2 Å². The minimum absolute atomic E-state index is 0.0529. The van der Waals surface area contributed by atoms with Gasteiger partial charge in [-0.3, -0.25) is 9.78 Å². The maximum Gasteiger partial charge on any atom is 0.254 e. The molecular weight excluding hydrogens is 264 g/mol. The molecule has 1 aliphatic heterocycles. The fraction of sp³-hybridized carbons (Fsp3) is 0.375. The fourth-order valence-electron chi connectivity index (χ4n) is 2.92. The van der Waals surface area contributed by atoms with Crippen LogP contribution < -0.4 is 5.73 Å². The molecule has 1 fully saturated rings. The molecule has 1 aromatic heterocycles. The molecule has 3 rings (SSSR count). The summed E-state index contributed by atoms with van der Waals surface area (Å²) in [5.41, 5.74) is 7.41. The summed E-state index contributed by atoms with van der Waals surface area (Å²) >= 11 is 0. The van der Waals surface area contributed by atoms with E-state index in [2.05, 4.69) is 16.9 Å². The number of fused-ring (bicyclic) bond motifs is 1. The molecule has 1 atom stereocenters. The Morgan fingerprint density at radius 1 is 1.33 bits per heavy atom. The summed E-state index contributed by atoms with van der Waals surface area (Å²) in [7, 11) is 2.06. The van der Waals surface area contributed by atoms with Crippen LogP contribution in [0.1, 0.15) is 10.4 Å². The van der Waals surface area contributed by atoms with Crippen molar-refractivity contribution in [3.8, 4) is 0 Å². The van der Waals surface area contributed by atoms with Gasteiger partial charge in [-0.05, 0) is 25.2 Å². The summed E-state index contributed by atoms with van der Waals surface area (Å²) in [6.07, 6.45) is 1.75. The maximum atomic E-state index is 12.9. The molecule has 1 aromatic carbocycles. The third kappa shape index (κ3) is 2.62. The highest BCUT2D eigenvalue weighted by atomic mass is 16.2. The van der Waals surface area contributed by atoms with Crippen LogP contribution in [0.2, 0.25) is 0 Å². The molecular formula is C16H20N4O. The van der Waals surface area contributed by atoms with Crippen molar-refractivity contribution in [3.05, 3.63) is 42.1 Å². The Morgan fingerprint density at radius 2 is 2.19 bits per heavy atom. The number of hydrogen-bond donors (Lipinski definition) is 1. The quantitative estimate of drug-likeness (QED) is 0.892. The SMILES string of the molecule is CN1CCN(C(=O)c2cccc3ncccc23)C(CN)C1. The van der Waals surface area contributed by atoms with Crippen LogP contribution in [0.5, 0.6) is 0 Å². The zero-order chi connectivity index (χ0) is 14.8. The number of carbonyl (C=O) groups is 1. The molecule has 0 radical (unpaired) electrons. The minimum Gasteiger partial charge on any atom is -0.332 e. The second-order valence-electron chi connectivity index (χ2n) is 5.53. The average molecular weight is 284 g/mol.